The van der Waals surface area contributed by atoms with Gasteiger partial charge in [-0.05, 0) is 43.5 Å². The SMILES string of the molecule is CCC1(C(=O)Nc2ccc(N(C)CCO)cc2)CCC1. The second kappa shape index (κ2) is 6.27. The summed E-state index contributed by atoms with van der Waals surface area (Å²) in [5.74, 6) is 0.155. The third-order valence-electron chi connectivity index (χ3n) is 4.47. The topological polar surface area (TPSA) is 52.6 Å². The Kier molecular flexibility index (Phi) is 4.65. The number of nitrogens with one attached hydrogen (secondary N) is 1. The zero-order valence-electron chi connectivity index (χ0n) is 12.4. The van der Waals surface area contributed by atoms with Crippen molar-refractivity contribution < 1.29 is 9.90 Å². The number of rotatable bonds is 6. The number of aliphatic hydroxyl groups is 1. The average Bonchev–Trinajstić information content (AvgIpc) is 2.39. The molecule has 20 heavy (non-hydrogen) atoms. The van der Waals surface area contributed by atoms with Crippen molar-refractivity contribution >= 4 is 17.3 Å². The van der Waals surface area contributed by atoms with Gasteiger partial charge in [-0.1, -0.05) is 13.3 Å². The van der Waals surface area contributed by atoms with E-state index in [-0.39, 0.29) is 17.9 Å². The van der Waals surface area contributed by atoms with Crippen LogP contribution < -0.4 is 10.2 Å². The fourth-order valence-electron chi connectivity index (χ4n) is 2.69. The molecule has 1 amide bonds. The van der Waals surface area contributed by atoms with Gasteiger partial charge in [-0.2, -0.15) is 0 Å². The lowest BCUT2D eigenvalue weighted by molar-refractivity contribution is -0.130. The Morgan fingerprint density at radius 1 is 1.35 bits per heavy atom. The van der Waals surface area contributed by atoms with Crippen LogP contribution in [0, 0.1) is 5.41 Å². The third-order valence-corrected chi connectivity index (χ3v) is 4.47. The van der Waals surface area contributed by atoms with Gasteiger partial charge in [-0.15, -0.1) is 0 Å². The van der Waals surface area contributed by atoms with E-state index < -0.39 is 0 Å². The van der Waals surface area contributed by atoms with Crippen LogP contribution in [-0.4, -0.2) is 31.2 Å². The highest BCUT2D eigenvalue weighted by molar-refractivity contribution is 5.96. The number of hydrogen-bond donors (Lipinski definition) is 2. The van der Waals surface area contributed by atoms with Gasteiger partial charge in [0, 0.05) is 30.4 Å². The molecule has 0 saturated heterocycles. The molecule has 0 aromatic heterocycles. The molecule has 0 radical (unpaired) electrons. The Balaban J connectivity index is 1.98. The Morgan fingerprint density at radius 3 is 2.45 bits per heavy atom. The fraction of sp³-hybridized carbons (Fsp3) is 0.562. The largest absolute Gasteiger partial charge is 0.395 e. The van der Waals surface area contributed by atoms with Crippen LogP contribution in [0.4, 0.5) is 11.4 Å². The van der Waals surface area contributed by atoms with E-state index in [1.807, 2.05) is 36.2 Å². The van der Waals surface area contributed by atoms with Gasteiger partial charge in [0.2, 0.25) is 5.91 Å². The van der Waals surface area contributed by atoms with E-state index in [2.05, 4.69) is 12.2 Å². The molecule has 0 unspecified atom stereocenters. The van der Waals surface area contributed by atoms with Gasteiger partial charge in [-0.25, -0.2) is 0 Å². The third kappa shape index (κ3) is 2.96. The van der Waals surface area contributed by atoms with E-state index in [0.717, 1.165) is 37.1 Å². The predicted molar refractivity (Wildman–Crippen MR) is 82.0 cm³/mol. The quantitative estimate of drug-likeness (QED) is 0.840. The van der Waals surface area contributed by atoms with Crippen molar-refractivity contribution in [1.82, 2.24) is 0 Å². The first kappa shape index (κ1) is 14.9. The maximum absolute atomic E-state index is 12.3. The molecule has 4 nitrogen and oxygen atoms in total. The van der Waals surface area contributed by atoms with E-state index in [4.69, 9.17) is 5.11 Å². The number of nitrogens with zero attached hydrogens (tertiary/aromatic N) is 1. The summed E-state index contributed by atoms with van der Waals surface area (Å²) in [6.07, 6.45) is 4.08. The Hall–Kier alpha value is -1.55. The summed E-state index contributed by atoms with van der Waals surface area (Å²) in [5, 5.41) is 12.0. The molecule has 0 atom stereocenters. The maximum atomic E-state index is 12.3. The molecular weight excluding hydrogens is 252 g/mol. The first-order valence-corrected chi connectivity index (χ1v) is 7.35. The van der Waals surface area contributed by atoms with Crippen molar-refractivity contribution in [2.75, 3.05) is 30.4 Å². The number of likely N-dealkylation sites (N-methyl/N-ethyl adjacent to an activating group) is 1. The van der Waals surface area contributed by atoms with Gasteiger partial charge in [-0.3, -0.25) is 4.79 Å². The van der Waals surface area contributed by atoms with Crippen LogP contribution in [0.25, 0.3) is 0 Å². The predicted octanol–water partition coefficient (Wildman–Crippen LogP) is 2.63. The Bertz CT molecular complexity index is 447. The molecule has 1 aromatic carbocycles. The highest BCUT2D eigenvalue weighted by atomic mass is 16.3. The molecular formula is C16H24N2O2. The number of carbonyl (C=O) groups excluding carboxylic acids is 1. The van der Waals surface area contributed by atoms with Crippen molar-refractivity contribution in [2.24, 2.45) is 5.41 Å². The minimum atomic E-state index is -0.133. The molecule has 4 heteroatoms. The molecule has 0 aliphatic heterocycles. The first-order valence-electron chi connectivity index (χ1n) is 7.35. The van der Waals surface area contributed by atoms with Gasteiger partial charge in [0.1, 0.15) is 0 Å². The molecule has 1 fully saturated rings. The van der Waals surface area contributed by atoms with Crippen molar-refractivity contribution in [2.45, 2.75) is 32.6 Å². The molecule has 0 spiro atoms. The summed E-state index contributed by atoms with van der Waals surface area (Å²) in [7, 11) is 1.93. The van der Waals surface area contributed by atoms with Crippen LogP contribution in [-0.2, 0) is 4.79 Å². The van der Waals surface area contributed by atoms with Crippen molar-refractivity contribution in [3.05, 3.63) is 24.3 Å². The van der Waals surface area contributed by atoms with Crippen LogP contribution in [0.3, 0.4) is 0 Å². The van der Waals surface area contributed by atoms with Crippen molar-refractivity contribution in [3.63, 3.8) is 0 Å². The second-order valence-corrected chi connectivity index (χ2v) is 5.63. The van der Waals surface area contributed by atoms with Crippen LogP contribution in [0.5, 0.6) is 0 Å². The van der Waals surface area contributed by atoms with Crippen LogP contribution in [0.2, 0.25) is 0 Å². The van der Waals surface area contributed by atoms with Crippen molar-refractivity contribution in [3.8, 4) is 0 Å². The maximum Gasteiger partial charge on any atom is 0.230 e. The van der Waals surface area contributed by atoms with Gasteiger partial charge < -0.3 is 15.3 Å². The standard InChI is InChI=1S/C16H24N2O2/c1-3-16(9-4-10-16)15(20)17-13-5-7-14(8-6-13)18(2)11-12-19/h5-8,19H,3-4,9-12H2,1-2H3,(H,17,20). The first-order chi connectivity index (χ1) is 9.61. The number of amides is 1. The van der Waals surface area contributed by atoms with Crippen LogP contribution >= 0.6 is 0 Å². The fourth-order valence-corrected chi connectivity index (χ4v) is 2.69. The van der Waals surface area contributed by atoms with Gasteiger partial charge >= 0.3 is 0 Å². The van der Waals surface area contributed by atoms with E-state index in [0.29, 0.717) is 6.54 Å². The number of anilines is 2. The molecule has 1 aromatic rings. The number of aliphatic hydroxyl groups excluding tert-OH is 1. The zero-order chi connectivity index (χ0) is 14.6. The number of benzene rings is 1. The normalized spacial score (nSPS) is 16.4. The van der Waals surface area contributed by atoms with E-state index in [1.54, 1.807) is 0 Å². The number of hydrogen-bond acceptors (Lipinski definition) is 3. The molecule has 1 aliphatic carbocycles. The van der Waals surface area contributed by atoms with E-state index in [1.165, 1.54) is 0 Å². The molecule has 2 rings (SSSR count). The van der Waals surface area contributed by atoms with Crippen LogP contribution in [0.1, 0.15) is 32.6 Å². The summed E-state index contributed by atoms with van der Waals surface area (Å²) in [4.78, 5) is 14.3. The lowest BCUT2D eigenvalue weighted by Gasteiger charge is -2.39. The highest BCUT2D eigenvalue weighted by Crippen LogP contribution is 2.44. The summed E-state index contributed by atoms with van der Waals surface area (Å²) in [5.41, 5.74) is 1.74. The lowest BCUT2D eigenvalue weighted by Crippen LogP contribution is -2.41. The summed E-state index contributed by atoms with van der Waals surface area (Å²) < 4.78 is 0. The van der Waals surface area contributed by atoms with Gasteiger partial charge in [0.05, 0.1) is 6.61 Å². The smallest absolute Gasteiger partial charge is 0.230 e. The molecule has 0 bridgehead atoms. The number of carbonyl (C=O) groups is 1. The van der Waals surface area contributed by atoms with Gasteiger partial charge in [0.15, 0.2) is 0 Å². The van der Waals surface area contributed by atoms with Crippen LogP contribution in [0.15, 0.2) is 24.3 Å². The minimum absolute atomic E-state index is 0.133. The minimum Gasteiger partial charge on any atom is -0.395 e. The monoisotopic (exact) mass is 276 g/mol. The van der Waals surface area contributed by atoms with E-state index in [9.17, 15) is 4.79 Å². The van der Waals surface area contributed by atoms with Gasteiger partial charge in [0.25, 0.3) is 0 Å². The second-order valence-electron chi connectivity index (χ2n) is 5.63. The Morgan fingerprint density at radius 2 is 2.00 bits per heavy atom. The molecule has 0 heterocycles. The average molecular weight is 276 g/mol. The summed E-state index contributed by atoms with van der Waals surface area (Å²) >= 11 is 0. The molecule has 1 saturated carbocycles. The molecule has 2 N–H and O–H groups in total. The molecule has 1 aliphatic rings. The lowest BCUT2D eigenvalue weighted by atomic mass is 9.66. The summed E-state index contributed by atoms with van der Waals surface area (Å²) in [6.45, 7) is 2.82. The van der Waals surface area contributed by atoms with E-state index >= 15 is 0 Å². The Labute approximate surface area is 120 Å². The van der Waals surface area contributed by atoms with Crippen molar-refractivity contribution in [1.29, 1.82) is 0 Å². The molecule has 110 valence electrons. The zero-order valence-corrected chi connectivity index (χ0v) is 12.4. The highest BCUT2D eigenvalue weighted by Gasteiger charge is 2.42. The summed E-state index contributed by atoms with van der Waals surface area (Å²) in [6, 6.07) is 7.77.